The Morgan fingerprint density at radius 2 is 2.47 bits per heavy atom. The van der Waals surface area contributed by atoms with Gasteiger partial charge < -0.3 is 15.4 Å². The molecule has 0 spiro atoms. The molecule has 1 aromatic heterocycles. The topological polar surface area (TPSA) is 50.4 Å². The van der Waals surface area contributed by atoms with E-state index < -0.39 is 0 Å². The molecule has 2 atom stereocenters. The third-order valence-electron chi connectivity index (χ3n) is 2.65. The Morgan fingerprint density at radius 3 is 3.12 bits per heavy atom. The van der Waals surface area contributed by atoms with Crippen molar-refractivity contribution in [3.8, 4) is 0 Å². The van der Waals surface area contributed by atoms with Crippen molar-refractivity contribution < 1.29 is 9.53 Å². The first-order valence-corrected chi connectivity index (χ1v) is 6.78. The summed E-state index contributed by atoms with van der Waals surface area (Å²) < 4.78 is 6.18. The summed E-state index contributed by atoms with van der Waals surface area (Å²) in [4.78, 5) is 12.6. The lowest BCUT2D eigenvalue weighted by Crippen LogP contribution is -2.43. The van der Waals surface area contributed by atoms with Gasteiger partial charge in [0.2, 0.25) is 0 Å². The van der Waals surface area contributed by atoms with Crippen LogP contribution in [0.2, 0.25) is 4.34 Å². The van der Waals surface area contributed by atoms with Crippen LogP contribution < -0.4 is 10.6 Å². The number of rotatable bonds is 4. The Labute approximate surface area is 109 Å². The minimum absolute atomic E-state index is 0.0309. The minimum Gasteiger partial charge on any atom is -0.375 e. The maximum atomic E-state index is 11.9. The average Bonchev–Trinajstić information content (AvgIpc) is 2.89. The third kappa shape index (κ3) is 3.19. The highest BCUT2D eigenvalue weighted by molar-refractivity contribution is 7.17. The highest BCUT2D eigenvalue weighted by atomic mass is 35.5. The summed E-state index contributed by atoms with van der Waals surface area (Å²) in [6.45, 7) is 4.14. The highest BCUT2D eigenvalue weighted by Gasteiger charge is 2.29. The smallest absolute Gasteiger partial charge is 0.261 e. The van der Waals surface area contributed by atoms with Crippen LogP contribution in [-0.2, 0) is 4.74 Å². The van der Waals surface area contributed by atoms with Crippen molar-refractivity contribution in [1.29, 1.82) is 0 Å². The van der Waals surface area contributed by atoms with Gasteiger partial charge in [0, 0.05) is 19.7 Å². The van der Waals surface area contributed by atoms with Gasteiger partial charge in [-0.25, -0.2) is 0 Å². The van der Waals surface area contributed by atoms with E-state index in [1.165, 1.54) is 11.3 Å². The summed E-state index contributed by atoms with van der Waals surface area (Å²) >= 11 is 7.09. The first kappa shape index (κ1) is 12.8. The number of thiophene rings is 1. The van der Waals surface area contributed by atoms with E-state index in [0.717, 1.165) is 13.1 Å². The number of hydrogen-bond donors (Lipinski definition) is 2. The molecule has 6 heteroatoms. The molecule has 1 saturated heterocycles. The molecule has 0 aromatic carbocycles. The maximum absolute atomic E-state index is 11.9. The van der Waals surface area contributed by atoms with Crippen LogP contribution in [0.3, 0.4) is 0 Å². The average molecular weight is 275 g/mol. The van der Waals surface area contributed by atoms with E-state index >= 15 is 0 Å². The summed E-state index contributed by atoms with van der Waals surface area (Å²) in [7, 11) is 0. The van der Waals surface area contributed by atoms with E-state index in [1.807, 2.05) is 6.92 Å². The van der Waals surface area contributed by atoms with Crippen LogP contribution >= 0.6 is 22.9 Å². The summed E-state index contributed by atoms with van der Waals surface area (Å²) in [6.07, 6.45) is 0.0550. The number of amides is 1. The van der Waals surface area contributed by atoms with Crippen molar-refractivity contribution in [2.24, 2.45) is 0 Å². The van der Waals surface area contributed by atoms with Crippen molar-refractivity contribution in [2.75, 3.05) is 19.7 Å². The van der Waals surface area contributed by atoms with Gasteiger partial charge in [-0.15, -0.1) is 11.3 Å². The number of carbonyl (C=O) groups excluding carboxylic acids is 1. The molecule has 1 aromatic rings. The zero-order chi connectivity index (χ0) is 12.3. The standard InChI is InChI=1S/C11H15ClN2O2S/c1-2-16-8-6-13-5-7(8)14-11(15)9-3-4-10(12)17-9/h3-4,7-8,13H,2,5-6H2,1H3,(H,14,15)/t7-,8-/m0/s1. The van der Waals surface area contributed by atoms with Crippen molar-refractivity contribution in [3.63, 3.8) is 0 Å². The van der Waals surface area contributed by atoms with Gasteiger partial charge in [0.25, 0.3) is 5.91 Å². The molecule has 0 aliphatic carbocycles. The van der Waals surface area contributed by atoms with Crippen LogP contribution in [0.4, 0.5) is 0 Å². The fourth-order valence-electron chi connectivity index (χ4n) is 1.86. The van der Waals surface area contributed by atoms with E-state index in [2.05, 4.69) is 10.6 Å². The second kappa shape index (κ2) is 5.82. The van der Waals surface area contributed by atoms with Crippen molar-refractivity contribution in [1.82, 2.24) is 10.6 Å². The minimum atomic E-state index is -0.0831. The predicted molar refractivity (Wildman–Crippen MR) is 68.9 cm³/mol. The Morgan fingerprint density at radius 1 is 1.65 bits per heavy atom. The van der Waals surface area contributed by atoms with Gasteiger partial charge in [0.1, 0.15) is 0 Å². The van der Waals surface area contributed by atoms with Crippen LogP contribution in [-0.4, -0.2) is 37.7 Å². The highest BCUT2D eigenvalue weighted by Crippen LogP contribution is 2.21. The maximum Gasteiger partial charge on any atom is 0.261 e. The molecule has 2 N–H and O–H groups in total. The molecule has 0 radical (unpaired) electrons. The van der Waals surface area contributed by atoms with Crippen molar-refractivity contribution in [3.05, 3.63) is 21.3 Å². The molecule has 94 valence electrons. The Kier molecular flexibility index (Phi) is 4.39. The molecular weight excluding hydrogens is 260 g/mol. The Hall–Kier alpha value is -0.620. The lowest BCUT2D eigenvalue weighted by molar-refractivity contribution is 0.0546. The van der Waals surface area contributed by atoms with Gasteiger partial charge in [-0.1, -0.05) is 11.6 Å². The van der Waals surface area contributed by atoms with Gasteiger partial charge in [0.15, 0.2) is 0 Å². The fourth-order valence-corrected chi connectivity index (χ4v) is 2.81. The zero-order valence-corrected chi connectivity index (χ0v) is 11.1. The lowest BCUT2D eigenvalue weighted by Gasteiger charge is -2.19. The fraction of sp³-hybridized carbons (Fsp3) is 0.545. The summed E-state index contributed by atoms with van der Waals surface area (Å²) in [5.41, 5.74) is 0. The third-order valence-corrected chi connectivity index (χ3v) is 3.88. The van der Waals surface area contributed by atoms with E-state index in [0.29, 0.717) is 15.8 Å². The summed E-state index contributed by atoms with van der Waals surface area (Å²) in [6, 6.07) is 3.50. The number of hydrogen-bond acceptors (Lipinski definition) is 4. The lowest BCUT2D eigenvalue weighted by atomic mass is 10.2. The molecule has 1 aliphatic rings. The van der Waals surface area contributed by atoms with Crippen molar-refractivity contribution >= 4 is 28.8 Å². The largest absolute Gasteiger partial charge is 0.375 e. The molecule has 4 nitrogen and oxygen atoms in total. The molecule has 0 saturated carbocycles. The normalized spacial score (nSPS) is 23.9. The van der Waals surface area contributed by atoms with Crippen LogP contribution in [0, 0.1) is 0 Å². The van der Waals surface area contributed by atoms with Gasteiger partial charge in [-0.05, 0) is 19.1 Å². The summed E-state index contributed by atoms with van der Waals surface area (Å²) in [5.74, 6) is -0.0831. The zero-order valence-electron chi connectivity index (χ0n) is 9.53. The van der Waals surface area contributed by atoms with Crippen LogP contribution in [0.5, 0.6) is 0 Å². The van der Waals surface area contributed by atoms with Gasteiger partial charge in [-0.2, -0.15) is 0 Å². The molecule has 0 bridgehead atoms. The number of halogens is 1. The number of carbonyl (C=O) groups is 1. The second-order valence-corrected chi connectivity index (χ2v) is 5.55. The Bertz CT molecular complexity index is 397. The van der Waals surface area contributed by atoms with Crippen LogP contribution in [0.15, 0.2) is 12.1 Å². The molecule has 1 fully saturated rings. The first-order valence-electron chi connectivity index (χ1n) is 5.59. The molecule has 1 amide bonds. The first-order chi connectivity index (χ1) is 8.20. The molecule has 17 heavy (non-hydrogen) atoms. The van der Waals surface area contributed by atoms with Crippen LogP contribution in [0.25, 0.3) is 0 Å². The molecule has 2 rings (SSSR count). The van der Waals surface area contributed by atoms with E-state index in [4.69, 9.17) is 16.3 Å². The Balaban J connectivity index is 1.94. The molecular formula is C11H15ClN2O2S. The van der Waals surface area contributed by atoms with Gasteiger partial charge in [-0.3, -0.25) is 4.79 Å². The SMILES string of the molecule is CCO[C@H]1CNC[C@@H]1NC(=O)c1ccc(Cl)s1. The second-order valence-electron chi connectivity index (χ2n) is 3.84. The van der Waals surface area contributed by atoms with E-state index in [-0.39, 0.29) is 18.1 Å². The number of nitrogens with one attached hydrogen (secondary N) is 2. The molecule has 1 aliphatic heterocycles. The summed E-state index contributed by atoms with van der Waals surface area (Å²) in [5, 5.41) is 6.18. The van der Waals surface area contributed by atoms with E-state index in [1.54, 1.807) is 12.1 Å². The molecule has 0 unspecified atom stereocenters. The van der Waals surface area contributed by atoms with E-state index in [9.17, 15) is 4.79 Å². The predicted octanol–water partition coefficient (Wildman–Crippen LogP) is 1.51. The van der Waals surface area contributed by atoms with Gasteiger partial charge >= 0.3 is 0 Å². The number of ether oxygens (including phenoxy) is 1. The van der Waals surface area contributed by atoms with Crippen molar-refractivity contribution in [2.45, 2.75) is 19.1 Å². The quantitative estimate of drug-likeness (QED) is 0.875. The van der Waals surface area contributed by atoms with Gasteiger partial charge in [0.05, 0.1) is 21.4 Å². The molecule has 2 heterocycles. The monoisotopic (exact) mass is 274 g/mol. The van der Waals surface area contributed by atoms with Crippen LogP contribution in [0.1, 0.15) is 16.6 Å².